The number of nitrogens with zero attached hydrogens (tertiary/aromatic N) is 3. The molecule has 4 rings (SSSR count). The molecule has 0 atom stereocenters. The van der Waals surface area contributed by atoms with Crippen molar-refractivity contribution in [3.63, 3.8) is 0 Å². The molecule has 0 radical (unpaired) electrons. The molecule has 1 saturated heterocycles. The van der Waals surface area contributed by atoms with Crippen molar-refractivity contribution in [2.24, 2.45) is 7.05 Å². The van der Waals surface area contributed by atoms with Crippen LogP contribution in [0.15, 0.2) is 36.7 Å². The van der Waals surface area contributed by atoms with Crippen LogP contribution < -0.4 is 5.32 Å². The van der Waals surface area contributed by atoms with Gasteiger partial charge in [0.1, 0.15) is 11.6 Å². The Morgan fingerprint density at radius 2 is 2.04 bits per heavy atom. The van der Waals surface area contributed by atoms with Gasteiger partial charge in [-0.2, -0.15) is 0 Å². The lowest BCUT2D eigenvalue weighted by molar-refractivity contribution is 0.0303. The molecule has 3 aromatic rings. The number of benzene rings is 1. The van der Waals surface area contributed by atoms with E-state index in [-0.39, 0.29) is 11.7 Å². The molecule has 1 N–H and O–H groups in total. The average Bonchev–Trinajstić information content (AvgIpc) is 3.07. The molecule has 1 aromatic carbocycles. The van der Waals surface area contributed by atoms with Crippen molar-refractivity contribution in [2.45, 2.75) is 6.92 Å². The normalized spacial score (nSPS) is 14.6. The van der Waals surface area contributed by atoms with E-state index in [0.29, 0.717) is 43.4 Å². The van der Waals surface area contributed by atoms with Gasteiger partial charge < -0.3 is 19.5 Å². The number of hydrogen-bond donors (Lipinski definition) is 1. The highest BCUT2D eigenvalue weighted by Gasteiger charge is 2.23. The second-order valence-electron chi connectivity index (χ2n) is 6.72. The number of carbonyl (C=O) groups is 1. The number of rotatable bonds is 3. The number of carbonyl (C=O) groups excluding carboxylic acids is 1. The minimum atomic E-state index is -0.339. The van der Waals surface area contributed by atoms with Crippen LogP contribution in [0.4, 0.5) is 15.9 Å². The van der Waals surface area contributed by atoms with Crippen LogP contribution in [0.25, 0.3) is 10.9 Å². The molecule has 140 valence electrons. The molecule has 0 bridgehead atoms. The van der Waals surface area contributed by atoms with Crippen molar-refractivity contribution in [2.75, 3.05) is 31.6 Å². The predicted octanol–water partition coefficient (Wildman–Crippen LogP) is 3.24. The van der Waals surface area contributed by atoms with Crippen LogP contribution in [-0.4, -0.2) is 46.7 Å². The molecule has 0 aliphatic carbocycles. The first-order valence-corrected chi connectivity index (χ1v) is 8.89. The number of aryl methyl sites for hydroxylation is 2. The molecule has 6 nitrogen and oxygen atoms in total. The van der Waals surface area contributed by atoms with Gasteiger partial charge in [-0.1, -0.05) is 6.07 Å². The van der Waals surface area contributed by atoms with Crippen molar-refractivity contribution in [3.05, 3.63) is 53.6 Å². The third kappa shape index (κ3) is 3.26. The number of nitrogens with one attached hydrogen (secondary N) is 1. The first-order valence-electron chi connectivity index (χ1n) is 8.89. The molecular formula is C20H21FN4O2. The fourth-order valence-corrected chi connectivity index (χ4v) is 3.36. The monoisotopic (exact) mass is 368 g/mol. The average molecular weight is 368 g/mol. The molecule has 27 heavy (non-hydrogen) atoms. The summed E-state index contributed by atoms with van der Waals surface area (Å²) in [6.07, 6.45) is 3.44. The molecule has 7 heteroatoms. The van der Waals surface area contributed by atoms with E-state index in [1.54, 1.807) is 17.2 Å². The molecule has 1 aliphatic rings. The number of morpholine rings is 1. The van der Waals surface area contributed by atoms with E-state index in [1.807, 2.05) is 36.9 Å². The summed E-state index contributed by atoms with van der Waals surface area (Å²) in [7, 11) is 1.88. The highest BCUT2D eigenvalue weighted by atomic mass is 19.1. The largest absolute Gasteiger partial charge is 0.378 e. The zero-order valence-corrected chi connectivity index (χ0v) is 15.3. The maximum absolute atomic E-state index is 14.2. The van der Waals surface area contributed by atoms with Gasteiger partial charge in [-0.25, -0.2) is 9.37 Å². The molecule has 0 saturated carbocycles. The number of hydrogen-bond acceptors (Lipinski definition) is 4. The fraction of sp³-hybridized carbons (Fsp3) is 0.300. The van der Waals surface area contributed by atoms with E-state index in [0.717, 1.165) is 16.5 Å². The van der Waals surface area contributed by atoms with Crippen molar-refractivity contribution in [3.8, 4) is 0 Å². The zero-order chi connectivity index (χ0) is 19.0. The lowest BCUT2D eigenvalue weighted by Gasteiger charge is -2.27. The summed E-state index contributed by atoms with van der Waals surface area (Å²) < 4.78 is 21.4. The fourth-order valence-electron chi connectivity index (χ4n) is 3.36. The summed E-state index contributed by atoms with van der Waals surface area (Å²) in [6, 6.07) is 6.88. The Morgan fingerprint density at radius 3 is 2.78 bits per heavy atom. The highest BCUT2D eigenvalue weighted by molar-refractivity contribution is 6.08. The highest BCUT2D eigenvalue weighted by Crippen LogP contribution is 2.29. The van der Waals surface area contributed by atoms with Crippen molar-refractivity contribution < 1.29 is 13.9 Å². The van der Waals surface area contributed by atoms with Crippen molar-refractivity contribution >= 4 is 28.3 Å². The third-order valence-corrected chi connectivity index (χ3v) is 4.81. The molecule has 1 amide bonds. The topological polar surface area (TPSA) is 59.4 Å². The molecule has 2 aromatic heterocycles. The summed E-state index contributed by atoms with van der Waals surface area (Å²) >= 11 is 0. The summed E-state index contributed by atoms with van der Waals surface area (Å²) in [5, 5.41) is 3.83. The Labute approximate surface area is 156 Å². The van der Waals surface area contributed by atoms with Crippen LogP contribution in [0.2, 0.25) is 0 Å². The maximum atomic E-state index is 14.2. The first kappa shape index (κ1) is 17.5. The van der Waals surface area contributed by atoms with Gasteiger partial charge in [-0.15, -0.1) is 0 Å². The molecule has 0 spiro atoms. The zero-order valence-electron chi connectivity index (χ0n) is 15.3. The second-order valence-corrected chi connectivity index (χ2v) is 6.72. The minimum absolute atomic E-state index is 0.0642. The number of aromatic nitrogens is 2. The Balaban J connectivity index is 1.73. The summed E-state index contributed by atoms with van der Waals surface area (Å²) in [4.78, 5) is 19.2. The Bertz CT molecular complexity index is 1010. The van der Waals surface area contributed by atoms with Crippen LogP contribution in [0.5, 0.6) is 0 Å². The molecular weight excluding hydrogens is 347 g/mol. The predicted molar refractivity (Wildman–Crippen MR) is 102 cm³/mol. The number of fused-ring (bicyclic) bond motifs is 1. The minimum Gasteiger partial charge on any atom is -0.378 e. The molecule has 1 aliphatic heterocycles. The summed E-state index contributed by atoms with van der Waals surface area (Å²) in [5.41, 5.74) is 2.51. The van der Waals surface area contributed by atoms with Gasteiger partial charge in [0.25, 0.3) is 5.91 Å². The van der Waals surface area contributed by atoms with Crippen molar-refractivity contribution in [1.29, 1.82) is 0 Å². The van der Waals surface area contributed by atoms with Crippen LogP contribution in [0.3, 0.4) is 0 Å². The van der Waals surface area contributed by atoms with Gasteiger partial charge in [-0.3, -0.25) is 4.79 Å². The lowest BCUT2D eigenvalue weighted by atomic mass is 10.1. The Kier molecular flexibility index (Phi) is 4.53. The number of anilines is 2. The number of ether oxygens (including phenoxy) is 1. The number of amides is 1. The van der Waals surface area contributed by atoms with Gasteiger partial charge in [0, 0.05) is 37.9 Å². The first-order chi connectivity index (χ1) is 13.0. The molecule has 0 unspecified atom stereocenters. The molecule has 1 fully saturated rings. The van der Waals surface area contributed by atoms with Gasteiger partial charge in [-0.05, 0) is 30.7 Å². The van der Waals surface area contributed by atoms with Gasteiger partial charge in [0.2, 0.25) is 0 Å². The van der Waals surface area contributed by atoms with E-state index in [2.05, 4.69) is 10.3 Å². The maximum Gasteiger partial charge on any atom is 0.257 e. The SMILES string of the molecule is Cc1ccc(Nc2ncc(C(=O)N3CCOCC3)c3c2ccn3C)c(F)c1. The standard InChI is InChI=1S/C20H21FN4O2/c1-13-3-4-17(16(21)11-13)23-19-14-5-6-24(2)18(14)15(12-22-19)20(26)25-7-9-27-10-8-25/h3-6,11-12H,7-10H2,1-2H3,(H,22,23). The smallest absolute Gasteiger partial charge is 0.257 e. The van der Waals surface area contributed by atoms with E-state index in [9.17, 15) is 9.18 Å². The van der Waals surface area contributed by atoms with Gasteiger partial charge in [0.15, 0.2) is 0 Å². The van der Waals surface area contributed by atoms with Crippen molar-refractivity contribution in [1.82, 2.24) is 14.5 Å². The quantitative estimate of drug-likeness (QED) is 0.771. The van der Waals surface area contributed by atoms with Crippen LogP contribution >= 0.6 is 0 Å². The van der Waals surface area contributed by atoms with Crippen LogP contribution in [0, 0.1) is 12.7 Å². The number of halogens is 1. The number of pyridine rings is 1. The van der Waals surface area contributed by atoms with E-state index < -0.39 is 0 Å². The van der Waals surface area contributed by atoms with E-state index >= 15 is 0 Å². The summed E-state index contributed by atoms with van der Waals surface area (Å²) in [6.45, 7) is 4.06. The Hall–Kier alpha value is -2.93. The summed E-state index contributed by atoms with van der Waals surface area (Å²) in [5.74, 6) is 0.117. The van der Waals surface area contributed by atoms with Gasteiger partial charge in [0.05, 0.1) is 30.0 Å². The lowest BCUT2D eigenvalue weighted by Crippen LogP contribution is -2.40. The van der Waals surface area contributed by atoms with E-state index in [4.69, 9.17) is 4.74 Å². The van der Waals surface area contributed by atoms with Gasteiger partial charge >= 0.3 is 0 Å². The second kappa shape index (κ2) is 7.00. The molecule has 3 heterocycles. The Morgan fingerprint density at radius 1 is 1.26 bits per heavy atom. The third-order valence-electron chi connectivity index (χ3n) is 4.81. The van der Waals surface area contributed by atoms with Crippen LogP contribution in [0.1, 0.15) is 15.9 Å². The van der Waals surface area contributed by atoms with E-state index in [1.165, 1.54) is 6.07 Å². The van der Waals surface area contributed by atoms with Crippen LogP contribution in [-0.2, 0) is 11.8 Å².